The van der Waals surface area contributed by atoms with Crippen molar-refractivity contribution in [2.24, 2.45) is 0 Å². The third kappa shape index (κ3) is 3.92. The number of ether oxygens (including phenoxy) is 2. The summed E-state index contributed by atoms with van der Waals surface area (Å²) in [6.45, 7) is 2.64. The molecule has 2 aromatic carbocycles. The lowest BCUT2D eigenvalue weighted by atomic mass is 10.2. The highest BCUT2D eigenvalue weighted by Gasteiger charge is 2.17. The first-order chi connectivity index (χ1) is 16.6. The molecule has 0 N–H and O–H groups in total. The largest absolute Gasteiger partial charge is 0.493 e. The summed E-state index contributed by atoms with van der Waals surface area (Å²) in [4.78, 5) is 17.8. The Morgan fingerprint density at radius 1 is 1.06 bits per heavy atom. The molecule has 0 atom stereocenters. The minimum atomic E-state index is -0.0343. The summed E-state index contributed by atoms with van der Waals surface area (Å²) < 4.78 is 14.4. The second-order valence-electron chi connectivity index (χ2n) is 7.59. The van der Waals surface area contributed by atoms with E-state index in [4.69, 9.17) is 14.5 Å². The molecule has 0 radical (unpaired) electrons. The highest BCUT2D eigenvalue weighted by atomic mass is 32.2. The van der Waals surface area contributed by atoms with Gasteiger partial charge in [0.05, 0.1) is 30.8 Å². The number of nitrogens with zero attached hydrogens (tertiary/aromatic N) is 5. The van der Waals surface area contributed by atoms with Crippen molar-refractivity contribution in [2.45, 2.75) is 30.8 Å². The van der Waals surface area contributed by atoms with Crippen molar-refractivity contribution in [3.63, 3.8) is 0 Å². The molecule has 34 heavy (non-hydrogen) atoms. The summed E-state index contributed by atoms with van der Waals surface area (Å²) in [5.41, 5.74) is 2.70. The first kappa shape index (κ1) is 22.4. The average Bonchev–Trinajstić information content (AvgIpc) is 3.52. The minimum absolute atomic E-state index is 0.0343. The Morgan fingerprint density at radius 2 is 1.88 bits per heavy atom. The van der Waals surface area contributed by atoms with E-state index < -0.39 is 0 Å². The van der Waals surface area contributed by atoms with Crippen LogP contribution in [0.15, 0.2) is 57.8 Å². The number of hydrogen-bond donors (Lipinski definition) is 0. The number of hydrogen-bond acceptors (Lipinski definition) is 8. The summed E-state index contributed by atoms with van der Waals surface area (Å²) in [6, 6.07) is 13.4. The van der Waals surface area contributed by atoms with Gasteiger partial charge in [0.1, 0.15) is 5.01 Å². The zero-order valence-electron chi connectivity index (χ0n) is 19.0. The minimum Gasteiger partial charge on any atom is -0.493 e. The maximum Gasteiger partial charge on any atom is 0.262 e. The fourth-order valence-electron chi connectivity index (χ4n) is 3.87. The standard InChI is InChI=1S/C24H23N5O3S2/c1-4-11-28-22(30)17-7-5-6-8-18(17)29-23(28)26-27-24(29)34-14-16-13-33-21(25-16)15-9-10-19(31-2)20(12-15)32-3/h5-10,12-13H,4,11,14H2,1-3H3. The molecule has 174 valence electrons. The van der Waals surface area contributed by atoms with E-state index in [2.05, 4.69) is 10.2 Å². The molecule has 0 aliphatic rings. The predicted molar refractivity (Wildman–Crippen MR) is 135 cm³/mol. The van der Waals surface area contributed by atoms with Crippen LogP contribution in [0.4, 0.5) is 0 Å². The lowest BCUT2D eigenvalue weighted by Crippen LogP contribution is -2.23. The first-order valence-corrected chi connectivity index (χ1v) is 12.7. The van der Waals surface area contributed by atoms with Crippen LogP contribution >= 0.6 is 23.1 Å². The lowest BCUT2D eigenvalue weighted by Gasteiger charge is -2.10. The Morgan fingerprint density at radius 3 is 2.68 bits per heavy atom. The van der Waals surface area contributed by atoms with Gasteiger partial charge in [0.15, 0.2) is 16.7 Å². The summed E-state index contributed by atoms with van der Waals surface area (Å²) in [5.74, 6) is 2.56. The van der Waals surface area contributed by atoms with Crippen molar-refractivity contribution in [1.82, 2.24) is 24.1 Å². The highest BCUT2D eigenvalue weighted by Crippen LogP contribution is 2.34. The number of thiazole rings is 1. The number of aryl methyl sites for hydroxylation is 1. The predicted octanol–water partition coefficient (Wildman–Crippen LogP) is 4.89. The van der Waals surface area contributed by atoms with Crippen LogP contribution in [0.2, 0.25) is 0 Å². The summed E-state index contributed by atoms with van der Waals surface area (Å²) in [6.07, 6.45) is 0.834. The Balaban J connectivity index is 1.46. The second kappa shape index (κ2) is 9.47. The van der Waals surface area contributed by atoms with Crippen molar-refractivity contribution in [3.05, 3.63) is 63.9 Å². The molecule has 0 amide bonds. The molecule has 0 aliphatic heterocycles. The van der Waals surface area contributed by atoms with E-state index in [0.29, 0.717) is 35.0 Å². The third-order valence-electron chi connectivity index (χ3n) is 5.46. The smallest absolute Gasteiger partial charge is 0.262 e. The fraction of sp³-hybridized carbons (Fsp3) is 0.250. The van der Waals surface area contributed by atoms with Gasteiger partial charge in [-0.2, -0.15) is 0 Å². The van der Waals surface area contributed by atoms with Gasteiger partial charge in [0.2, 0.25) is 5.78 Å². The van der Waals surface area contributed by atoms with E-state index in [1.165, 1.54) is 0 Å². The summed E-state index contributed by atoms with van der Waals surface area (Å²) >= 11 is 3.13. The van der Waals surface area contributed by atoms with Gasteiger partial charge in [-0.1, -0.05) is 30.8 Å². The Hall–Kier alpha value is -3.37. The molecule has 5 rings (SSSR count). The number of rotatable bonds is 8. The van der Waals surface area contributed by atoms with E-state index in [9.17, 15) is 4.79 Å². The van der Waals surface area contributed by atoms with Gasteiger partial charge in [0.25, 0.3) is 5.56 Å². The van der Waals surface area contributed by atoms with Crippen molar-refractivity contribution >= 4 is 39.8 Å². The second-order valence-corrected chi connectivity index (χ2v) is 9.39. The third-order valence-corrected chi connectivity index (χ3v) is 7.36. The first-order valence-electron chi connectivity index (χ1n) is 10.8. The molecule has 0 saturated carbocycles. The molecule has 0 bridgehead atoms. The number of methoxy groups -OCH3 is 2. The van der Waals surface area contributed by atoms with E-state index >= 15 is 0 Å². The zero-order valence-corrected chi connectivity index (χ0v) is 20.7. The summed E-state index contributed by atoms with van der Waals surface area (Å²) in [7, 11) is 3.24. The summed E-state index contributed by atoms with van der Waals surface area (Å²) in [5, 5.41) is 13.1. The van der Waals surface area contributed by atoms with Crippen LogP contribution in [-0.2, 0) is 12.3 Å². The van der Waals surface area contributed by atoms with Crippen LogP contribution in [0, 0.1) is 0 Å². The maximum atomic E-state index is 13.0. The molecule has 0 unspecified atom stereocenters. The topological polar surface area (TPSA) is 83.5 Å². The van der Waals surface area contributed by atoms with Gasteiger partial charge in [-0.05, 0) is 36.8 Å². The van der Waals surface area contributed by atoms with E-state index in [-0.39, 0.29) is 5.56 Å². The number of benzene rings is 2. The van der Waals surface area contributed by atoms with Crippen LogP contribution in [0.3, 0.4) is 0 Å². The number of para-hydroxylation sites is 1. The van der Waals surface area contributed by atoms with Crippen molar-refractivity contribution < 1.29 is 9.47 Å². The Bertz CT molecular complexity index is 1540. The molecule has 0 fully saturated rings. The van der Waals surface area contributed by atoms with Crippen LogP contribution in [-0.4, -0.2) is 38.4 Å². The van der Waals surface area contributed by atoms with E-state index in [1.54, 1.807) is 41.9 Å². The van der Waals surface area contributed by atoms with Crippen LogP contribution in [0.5, 0.6) is 11.5 Å². The SMILES string of the molecule is CCCn1c(=O)c2ccccc2n2c(SCc3csc(-c4ccc(OC)c(OC)c4)n3)nnc12. The van der Waals surface area contributed by atoms with Gasteiger partial charge in [0, 0.05) is 23.2 Å². The quantitative estimate of drug-likeness (QED) is 0.285. The maximum absolute atomic E-state index is 13.0. The van der Waals surface area contributed by atoms with Gasteiger partial charge in [-0.3, -0.25) is 13.8 Å². The molecule has 0 saturated heterocycles. The number of aromatic nitrogens is 5. The number of thioether (sulfide) groups is 1. The molecular formula is C24H23N5O3S2. The van der Waals surface area contributed by atoms with Crippen molar-refractivity contribution in [3.8, 4) is 22.1 Å². The van der Waals surface area contributed by atoms with Gasteiger partial charge in [-0.25, -0.2) is 4.98 Å². The van der Waals surface area contributed by atoms with Gasteiger partial charge >= 0.3 is 0 Å². The molecule has 3 aromatic heterocycles. The fourth-order valence-corrected chi connectivity index (χ4v) is 5.62. The molecule has 10 heteroatoms. The average molecular weight is 494 g/mol. The Kier molecular flexibility index (Phi) is 6.25. The molecule has 3 heterocycles. The number of fused-ring (bicyclic) bond motifs is 3. The Labute approximate surface area is 204 Å². The van der Waals surface area contributed by atoms with Crippen LogP contribution in [0.1, 0.15) is 19.0 Å². The molecule has 0 aliphatic carbocycles. The lowest BCUT2D eigenvalue weighted by molar-refractivity contribution is 0.355. The molecule has 0 spiro atoms. The normalized spacial score (nSPS) is 11.4. The van der Waals surface area contributed by atoms with Crippen LogP contribution in [0.25, 0.3) is 27.3 Å². The highest BCUT2D eigenvalue weighted by molar-refractivity contribution is 7.98. The van der Waals surface area contributed by atoms with Gasteiger partial charge < -0.3 is 9.47 Å². The van der Waals surface area contributed by atoms with Crippen molar-refractivity contribution in [1.29, 1.82) is 0 Å². The van der Waals surface area contributed by atoms with E-state index in [0.717, 1.165) is 33.4 Å². The van der Waals surface area contributed by atoms with Crippen LogP contribution < -0.4 is 15.0 Å². The monoisotopic (exact) mass is 493 g/mol. The molecule has 5 aromatic rings. The van der Waals surface area contributed by atoms with Gasteiger partial charge in [-0.15, -0.1) is 21.5 Å². The van der Waals surface area contributed by atoms with E-state index in [1.807, 2.05) is 59.2 Å². The van der Waals surface area contributed by atoms with Crippen molar-refractivity contribution in [2.75, 3.05) is 14.2 Å². The molecule has 8 nitrogen and oxygen atoms in total. The zero-order chi connectivity index (χ0) is 23.7. The molecular weight excluding hydrogens is 470 g/mol.